The number of alkyl halides is 3. The van der Waals surface area contributed by atoms with Gasteiger partial charge in [-0.15, -0.1) is 0 Å². The topological polar surface area (TPSA) is 39.6 Å². The zero-order valence-electron chi connectivity index (χ0n) is 9.73. The highest BCUT2D eigenvalue weighted by molar-refractivity contribution is 5.88. The number of rotatable bonds is 2. The molecule has 94 valence electrons. The quantitative estimate of drug-likeness (QED) is 0.861. The van der Waals surface area contributed by atoms with E-state index in [4.69, 9.17) is 5.26 Å². The van der Waals surface area contributed by atoms with Crippen molar-refractivity contribution in [3.05, 3.63) is 35.0 Å². The van der Waals surface area contributed by atoms with Gasteiger partial charge in [-0.1, -0.05) is 13.3 Å². The van der Waals surface area contributed by atoms with Gasteiger partial charge in [0.05, 0.1) is 11.1 Å². The minimum absolute atomic E-state index is 0.318. The summed E-state index contributed by atoms with van der Waals surface area (Å²) in [4.78, 5) is 3.00. The molecule has 0 aliphatic heterocycles. The number of hydrogen-bond donors (Lipinski definition) is 1. The van der Waals surface area contributed by atoms with E-state index in [1.165, 1.54) is 6.07 Å². The van der Waals surface area contributed by atoms with Crippen molar-refractivity contribution in [2.24, 2.45) is 0 Å². The Labute approximate surface area is 102 Å². The predicted octanol–water partition coefficient (Wildman–Crippen LogP) is 4.01. The molecule has 0 saturated heterocycles. The molecule has 5 heteroatoms. The molecule has 0 aliphatic carbocycles. The lowest BCUT2D eigenvalue weighted by molar-refractivity contribution is -0.137. The van der Waals surface area contributed by atoms with Crippen LogP contribution in [0.25, 0.3) is 10.9 Å². The fourth-order valence-electron chi connectivity index (χ4n) is 1.99. The molecule has 0 amide bonds. The molecule has 0 spiro atoms. The van der Waals surface area contributed by atoms with Crippen molar-refractivity contribution in [3.63, 3.8) is 0 Å². The van der Waals surface area contributed by atoms with Gasteiger partial charge in [-0.25, -0.2) is 0 Å². The lowest BCUT2D eigenvalue weighted by atomic mass is 10.1. The van der Waals surface area contributed by atoms with E-state index in [0.29, 0.717) is 28.6 Å². The fourth-order valence-corrected chi connectivity index (χ4v) is 1.99. The Morgan fingerprint density at radius 1 is 1.33 bits per heavy atom. The van der Waals surface area contributed by atoms with Gasteiger partial charge < -0.3 is 4.98 Å². The molecule has 0 unspecified atom stereocenters. The molecule has 0 bridgehead atoms. The number of nitrogens with zero attached hydrogens (tertiary/aromatic N) is 1. The van der Waals surface area contributed by atoms with Crippen LogP contribution in [0.4, 0.5) is 13.2 Å². The molecule has 1 aromatic carbocycles. The Balaban J connectivity index is 2.66. The fraction of sp³-hybridized carbons (Fsp3) is 0.308. The van der Waals surface area contributed by atoms with Crippen molar-refractivity contribution in [2.75, 3.05) is 0 Å². The first-order chi connectivity index (χ1) is 8.47. The highest BCUT2D eigenvalue weighted by Gasteiger charge is 2.31. The molecular formula is C13H11F3N2. The minimum Gasteiger partial charge on any atom is -0.357 e. The maximum atomic E-state index is 12.6. The van der Waals surface area contributed by atoms with Gasteiger partial charge in [0, 0.05) is 16.6 Å². The monoisotopic (exact) mass is 252 g/mol. The van der Waals surface area contributed by atoms with E-state index in [-0.39, 0.29) is 0 Å². The first-order valence-electron chi connectivity index (χ1n) is 5.59. The van der Waals surface area contributed by atoms with Crippen molar-refractivity contribution in [1.29, 1.82) is 5.26 Å². The second-order valence-electron chi connectivity index (χ2n) is 4.10. The third-order valence-corrected chi connectivity index (χ3v) is 2.82. The van der Waals surface area contributed by atoms with Crippen LogP contribution in [0, 0.1) is 11.3 Å². The SMILES string of the molecule is CCCc1[nH]c2ccc(C(F)(F)F)cc2c1C#N. The molecule has 0 saturated carbocycles. The largest absolute Gasteiger partial charge is 0.416 e. The average Bonchev–Trinajstić information content (AvgIpc) is 2.64. The molecule has 2 nitrogen and oxygen atoms in total. The number of nitrogens with one attached hydrogen (secondary N) is 1. The van der Waals surface area contributed by atoms with E-state index in [9.17, 15) is 13.2 Å². The molecule has 1 heterocycles. The normalized spacial score (nSPS) is 11.7. The smallest absolute Gasteiger partial charge is 0.357 e. The molecule has 18 heavy (non-hydrogen) atoms. The van der Waals surface area contributed by atoms with E-state index in [2.05, 4.69) is 4.98 Å². The van der Waals surface area contributed by atoms with Gasteiger partial charge in [-0.2, -0.15) is 18.4 Å². The van der Waals surface area contributed by atoms with E-state index < -0.39 is 11.7 Å². The number of aromatic nitrogens is 1. The third kappa shape index (κ3) is 2.06. The molecule has 0 fully saturated rings. The first kappa shape index (κ1) is 12.5. The summed E-state index contributed by atoms with van der Waals surface area (Å²) in [5.41, 5.74) is 0.865. The van der Waals surface area contributed by atoms with Crippen molar-refractivity contribution in [1.82, 2.24) is 4.98 Å². The van der Waals surface area contributed by atoms with Gasteiger partial charge >= 0.3 is 6.18 Å². The maximum absolute atomic E-state index is 12.6. The lowest BCUT2D eigenvalue weighted by Crippen LogP contribution is -2.04. The zero-order valence-corrected chi connectivity index (χ0v) is 9.73. The van der Waals surface area contributed by atoms with Crippen molar-refractivity contribution in [3.8, 4) is 6.07 Å². The number of aromatic amines is 1. The van der Waals surface area contributed by atoms with Crippen LogP contribution >= 0.6 is 0 Å². The van der Waals surface area contributed by atoms with Crippen molar-refractivity contribution >= 4 is 10.9 Å². The number of fused-ring (bicyclic) bond motifs is 1. The Bertz CT molecular complexity index is 617. The summed E-state index contributed by atoms with van der Waals surface area (Å²) < 4.78 is 37.8. The molecule has 2 rings (SSSR count). The number of halogens is 3. The summed E-state index contributed by atoms with van der Waals surface area (Å²) in [5, 5.41) is 9.42. The Kier molecular flexibility index (Phi) is 3.04. The van der Waals surface area contributed by atoms with Crippen molar-refractivity contribution < 1.29 is 13.2 Å². The molecule has 0 radical (unpaired) electrons. The molecule has 1 N–H and O–H groups in total. The van der Waals surface area contributed by atoms with E-state index >= 15 is 0 Å². The van der Waals surface area contributed by atoms with Gasteiger partial charge in [0.25, 0.3) is 0 Å². The summed E-state index contributed by atoms with van der Waals surface area (Å²) in [6.45, 7) is 1.95. The second-order valence-corrected chi connectivity index (χ2v) is 4.10. The zero-order chi connectivity index (χ0) is 13.3. The van der Waals surface area contributed by atoms with Crippen LogP contribution in [0.15, 0.2) is 18.2 Å². The van der Waals surface area contributed by atoms with Gasteiger partial charge in [0.15, 0.2) is 0 Å². The van der Waals surface area contributed by atoms with Gasteiger partial charge in [0.2, 0.25) is 0 Å². The minimum atomic E-state index is -4.39. The summed E-state index contributed by atoms with van der Waals surface area (Å²) in [6, 6.07) is 5.41. The van der Waals surface area contributed by atoms with Crippen LogP contribution in [0.1, 0.15) is 30.2 Å². The molecule has 0 aliphatic rings. The van der Waals surface area contributed by atoms with Gasteiger partial charge in [-0.3, -0.25) is 0 Å². The van der Waals surface area contributed by atoms with E-state index in [1.807, 2.05) is 13.0 Å². The number of benzene rings is 1. The highest BCUT2D eigenvalue weighted by Crippen LogP contribution is 2.33. The Morgan fingerprint density at radius 3 is 2.61 bits per heavy atom. The number of H-pyrrole nitrogens is 1. The maximum Gasteiger partial charge on any atom is 0.416 e. The van der Waals surface area contributed by atoms with Crippen LogP contribution in [-0.2, 0) is 12.6 Å². The number of nitriles is 1. The summed E-state index contributed by atoms with van der Waals surface area (Å²) in [5.74, 6) is 0. The first-order valence-corrected chi connectivity index (χ1v) is 5.59. The van der Waals surface area contributed by atoms with Crippen LogP contribution in [-0.4, -0.2) is 4.98 Å². The molecule has 1 aromatic heterocycles. The number of aryl methyl sites for hydroxylation is 1. The lowest BCUT2D eigenvalue weighted by Gasteiger charge is -2.05. The number of hydrogen-bond acceptors (Lipinski definition) is 1. The van der Waals surface area contributed by atoms with Crippen molar-refractivity contribution in [2.45, 2.75) is 25.9 Å². The molecule has 0 atom stereocenters. The Hall–Kier alpha value is -1.96. The standard InChI is InChI=1S/C13H11F3N2/c1-2-3-11-10(7-17)9-6-8(13(14,15)16)4-5-12(9)18-11/h4-6,18H,2-3H2,1H3. The summed E-state index contributed by atoms with van der Waals surface area (Å²) in [6.07, 6.45) is -2.91. The average molecular weight is 252 g/mol. The van der Waals surface area contributed by atoms with Gasteiger partial charge in [0.1, 0.15) is 6.07 Å². The highest BCUT2D eigenvalue weighted by atomic mass is 19.4. The summed E-state index contributed by atoms with van der Waals surface area (Å²) >= 11 is 0. The van der Waals surface area contributed by atoms with Crippen LogP contribution in [0.2, 0.25) is 0 Å². The summed E-state index contributed by atoms with van der Waals surface area (Å²) in [7, 11) is 0. The third-order valence-electron chi connectivity index (χ3n) is 2.82. The van der Waals surface area contributed by atoms with E-state index in [0.717, 1.165) is 18.6 Å². The van der Waals surface area contributed by atoms with E-state index in [1.54, 1.807) is 0 Å². The van der Waals surface area contributed by atoms with Gasteiger partial charge in [-0.05, 0) is 24.6 Å². The molecule has 2 aromatic rings. The van der Waals surface area contributed by atoms with Crippen LogP contribution in [0.5, 0.6) is 0 Å². The van der Waals surface area contributed by atoms with Crippen LogP contribution in [0.3, 0.4) is 0 Å². The second kappa shape index (κ2) is 4.37. The predicted molar refractivity (Wildman–Crippen MR) is 62.0 cm³/mol. The Morgan fingerprint density at radius 2 is 2.06 bits per heavy atom. The van der Waals surface area contributed by atoms with Crippen LogP contribution < -0.4 is 0 Å². The molecular weight excluding hydrogens is 241 g/mol.